The van der Waals surface area contributed by atoms with Crippen molar-refractivity contribution in [2.75, 3.05) is 0 Å². The van der Waals surface area contributed by atoms with Crippen LogP contribution in [0.2, 0.25) is 0 Å². The molecule has 0 aliphatic heterocycles. The van der Waals surface area contributed by atoms with E-state index in [4.69, 9.17) is 10.5 Å². The van der Waals surface area contributed by atoms with Crippen LogP contribution in [0.25, 0.3) is 0 Å². The van der Waals surface area contributed by atoms with Crippen molar-refractivity contribution in [3.63, 3.8) is 0 Å². The van der Waals surface area contributed by atoms with Crippen LogP contribution in [0.3, 0.4) is 0 Å². The molecule has 2 aromatic rings. The van der Waals surface area contributed by atoms with E-state index in [2.05, 4.69) is 49.8 Å². The Morgan fingerprint density at radius 1 is 0.750 bits per heavy atom. The molecule has 0 saturated heterocycles. The molecule has 0 amide bonds. The Bertz CT molecular complexity index is 657. The first-order valence-corrected chi connectivity index (χ1v) is 8.12. The smallest absolute Gasteiger partial charge is 0.101 e. The highest BCUT2D eigenvalue weighted by molar-refractivity contribution is 5.29. The van der Waals surface area contributed by atoms with Gasteiger partial charge in [-0.05, 0) is 47.9 Å². The molecule has 4 nitrogen and oxygen atoms in total. The van der Waals surface area contributed by atoms with Gasteiger partial charge in [-0.1, -0.05) is 27.7 Å². The summed E-state index contributed by atoms with van der Waals surface area (Å²) in [6.07, 6.45) is 8.79. The monoisotopic (exact) mass is 320 g/mol. The highest BCUT2D eigenvalue weighted by Crippen LogP contribution is 2.08. The number of nitriles is 2. The number of aromatic nitrogens is 2. The first-order valence-electron chi connectivity index (χ1n) is 8.12. The fraction of sp³-hybridized carbons (Fsp3) is 0.400. The van der Waals surface area contributed by atoms with Gasteiger partial charge in [0.25, 0.3) is 0 Å². The van der Waals surface area contributed by atoms with E-state index >= 15 is 0 Å². The van der Waals surface area contributed by atoms with Crippen LogP contribution < -0.4 is 0 Å². The third-order valence-corrected chi connectivity index (χ3v) is 3.14. The van der Waals surface area contributed by atoms with Crippen molar-refractivity contribution in [1.82, 2.24) is 9.97 Å². The van der Waals surface area contributed by atoms with E-state index in [1.807, 2.05) is 24.5 Å². The molecule has 0 aliphatic carbocycles. The zero-order valence-electron chi connectivity index (χ0n) is 14.8. The zero-order valence-corrected chi connectivity index (χ0v) is 14.8. The van der Waals surface area contributed by atoms with Crippen molar-refractivity contribution < 1.29 is 0 Å². The van der Waals surface area contributed by atoms with Gasteiger partial charge < -0.3 is 0 Å². The summed E-state index contributed by atoms with van der Waals surface area (Å²) >= 11 is 0. The molecular formula is C20H24N4. The van der Waals surface area contributed by atoms with Crippen LogP contribution in [-0.2, 0) is 12.8 Å². The normalized spacial score (nSPS) is 9.83. The number of rotatable bonds is 4. The van der Waals surface area contributed by atoms with Gasteiger partial charge in [0.1, 0.15) is 12.1 Å². The summed E-state index contributed by atoms with van der Waals surface area (Å²) in [6, 6.07) is 7.95. The summed E-state index contributed by atoms with van der Waals surface area (Å²) in [5, 5.41) is 17.2. The fourth-order valence-corrected chi connectivity index (χ4v) is 2.26. The SMILES string of the molecule is CC(C)Cc1cncc(C#N)c1.CC(C)Cc1cncc(C#N)c1. The molecule has 24 heavy (non-hydrogen) atoms. The summed E-state index contributed by atoms with van der Waals surface area (Å²) in [4.78, 5) is 7.97. The Morgan fingerprint density at radius 3 is 1.42 bits per heavy atom. The predicted octanol–water partition coefficient (Wildman–Crippen LogP) is 4.30. The summed E-state index contributed by atoms with van der Waals surface area (Å²) < 4.78 is 0. The van der Waals surface area contributed by atoms with E-state index in [-0.39, 0.29) is 0 Å². The minimum Gasteiger partial charge on any atom is -0.263 e. The lowest BCUT2D eigenvalue weighted by atomic mass is 10.0. The van der Waals surface area contributed by atoms with E-state index in [0.717, 1.165) is 24.0 Å². The molecule has 0 aromatic carbocycles. The van der Waals surface area contributed by atoms with E-state index in [0.29, 0.717) is 23.0 Å². The van der Waals surface area contributed by atoms with Crippen LogP contribution in [0.1, 0.15) is 49.9 Å². The largest absolute Gasteiger partial charge is 0.263 e. The minimum absolute atomic E-state index is 0.612. The van der Waals surface area contributed by atoms with Gasteiger partial charge in [0.15, 0.2) is 0 Å². The second-order valence-corrected chi connectivity index (χ2v) is 6.58. The lowest BCUT2D eigenvalue weighted by Crippen LogP contribution is -1.95. The molecule has 0 saturated carbocycles. The van der Waals surface area contributed by atoms with Crippen molar-refractivity contribution in [2.45, 2.75) is 40.5 Å². The van der Waals surface area contributed by atoms with Crippen LogP contribution in [0, 0.1) is 34.5 Å². The van der Waals surface area contributed by atoms with Gasteiger partial charge in [-0.15, -0.1) is 0 Å². The number of nitrogens with zero attached hydrogens (tertiary/aromatic N) is 4. The van der Waals surface area contributed by atoms with Gasteiger partial charge in [0.05, 0.1) is 11.1 Å². The van der Waals surface area contributed by atoms with E-state index < -0.39 is 0 Å². The number of hydrogen-bond acceptors (Lipinski definition) is 4. The van der Waals surface area contributed by atoms with Crippen molar-refractivity contribution >= 4 is 0 Å². The van der Waals surface area contributed by atoms with Crippen LogP contribution >= 0.6 is 0 Å². The highest BCUT2D eigenvalue weighted by Gasteiger charge is 1.99. The van der Waals surface area contributed by atoms with Crippen molar-refractivity contribution in [3.8, 4) is 12.1 Å². The summed E-state index contributed by atoms with van der Waals surface area (Å²) in [7, 11) is 0. The standard InChI is InChI=1S/2C10H12N2/c2*1-8(2)3-9-4-10(5-11)7-12-6-9/h2*4,6-8H,3H2,1-2H3. The van der Waals surface area contributed by atoms with Gasteiger partial charge >= 0.3 is 0 Å². The van der Waals surface area contributed by atoms with Gasteiger partial charge in [-0.3, -0.25) is 9.97 Å². The maximum absolute atomic E-state index is 8.61. The summed E-state index contributed by atoms with van der Waals surface area (Å²) in [5.74, 6) is 1.22. The second-order valence-electron chi connectivity index (χ2n) is 6.58. The van der Waals surface area contributed by atoms with E-state index in [1.54, 1.807) is 12.4 Å². The van der Waals surface area contributed by atoms with Crippen molar-refractivity contribution in [1.29, 1.82) is 10.5 Å². The molecule has 0 N–H and O–H groups in total. The van der Waals surface area contributed by atoms with Gasteiger partial charge in [0, 0.05) is 24.8 Å². The van der Waals surface area contributed by atoms with Crippen LogP contribution in [-0.4, -0.2) is 9.97 Å². The fourth-order valence-electron chi connectivity index (χ4n) is 2.26. The van der Waals surface area contributed by atoms with Crippen molar-refractivity contribution in [2.24, 2.45) is 11.8 Å². The molecule has 0 unspecified atom stereocenters. The topological polar surface area (TPSA) is 73.4 Å². The highest BCUT2D eigenvalue weighted by atomic mass is 14.6. The third kappa shape index (κ3) is 7.51. The maximum atomic E-state index is 8.61. The van der Waals surface area contributed by atoms with Crippen LogP contribution in [0.4, 0.5) is 0 Å². The molecule has 0 atom stereocenters. The maximum Gasteiger partial charge on any atom is 0.101 e. The molecular weight excluding hydrogens is 296 g/mol. The Labute approximate surface area is 144 Å². The second kappa shape index (κ2) is 10.1. The predicted molar refractivity (Wildman–Crippen MR) is 95.0 cm³/mol. The minimum atomic E-state index is 0.612. The van der Waals surface area contributed by atoms with Crippen LogP contribution in [0.5, 0.6) is 0 Å². The molecule has 2 heterocycles. The summed E-state index contributed by atoms with van der Waals surface area (Å²) in [5.41, 5.74) is 3.58. The summed E-state index contributed by atoms with van der Waals surface area (Å²) in [6.45, 7) is 8.61. The first-order chi connectivity index (χ1) is 11.4. The quantitative estimate of drug-likeness (QED) is 0.841. The van der Waals surface area contributed by atoms with Crippen molar-refractivity contribution in [3.05, 3.63) is 59.2 Å². The Morgan fingerprint density at radius 2 is 1.12 bits per heavy atom. The lowest BCUT2D eigenvalue weighted by molar-refractivity contribution is 0.645. The molecule has 2 rings (SSSR count). The number of hydrogen-bond donors (Lipinski definition) is 0. The zero-order chi connectivity index (χ0) is 17.9. The molecule has 0 spiro atoms. The molecule has 0 bridgehead atoms. The number of pyridine rings is 2. The Kier molecular flexibility index (Phi) is 8.16. The Hall–Kier alpha value is -2.72. The van der Waals surface area contributed by atoms with E-state index in [9.17, 15) is 0 Å². The molecule has 0 radical (unpaired) electrons. The van der Waals surface area contributed by atoms with Gasteiger partial charge in [0.2, 0.25) is 0 Å². The average molecular weight is 320 g/mol. The third-order valence-electron chi connectivity index (χ3n) is 3.14. The first kappa shape index (κ1) is 19.3. The molecule has 0 fully saturated rings. The molecule has 0 aliphatic rings. The molecule has 4 heteroatoms. The van der Waals surface area contributed by atoms with Gasteiger partial charge in [-0.25, -0.2) is 0 Å². The van der Waals surface area contributed by atoms with Crippen LogP contribution in [0.15, 0.2) is 36.9 Å². The Balaban J connectivity index is 0.000000240. The van der Waals surface area contributed by atoms with Gasteiger partial charge in [-0.2, -0.15) is 10.5 Å². The molecule has 2 aromatic heterocycles. The molecule has 124 valence electrons. The average Bonchev–Trinajstić information content (AvgIpc) is 2.54. The van der Waals surface area contributed by atoms with E-state index in [1.165, 1.54) is 0 Å². The lowest BCUT2D eigenvalue weighted by Gasteiger charge is -2.03.